The summed E-state index contributed by atoms with van der Waals surface area (Å²) in [5, 5.41) is 19.1. The summed E-state index contributed by atoms with van der Waals surface area (Å²) in [6, 6.07) is 13.8. The molecule has 2 N–H and O–H groups in total. The third-order valence-electron chi connectivity index (χ3n) is 7.46. The van der Waals surface area contributed by atoms with Gasteiger partial charge in [0.15, 0.2) is 0 Å². The van der Waals surface area contributed by atoms with Crippen molar-refractivity contribution in [3.63, 3.8) is 0 Å². The van der Waals surface area contributed by atoms with E-state index in [9.17, 15) is 10.2 Å². The summed E-state index contributed by atoms with van der Waals surface area (Å²) in [7, 11) is 0. The van der Waals surface area contributed by atoms with Crippen molar-refractivity contribution in [1.29, 1.82) is 0 Å². The van der Waals surface area contributed by atoms with Gasteiger partial charge in [0.1, 0.15) is 0 Å². The zero-order valence-electron chi connectivity index (χ0n) is 21.5. The molecule has 192 valence electrons. The van der Waals surface area contributed by atoms with Gasteiger partial charge in [-0.2, -0.15) is 0 Å². The Morgan fingerprint density at radius 1 is 0.800 bits per heavy atom. The van der Waals surface area contributed by atoms with Crippen LogP contribution in [0.3, 0.4) is 0 Å². The van der Waals surface area contributed by atoms with Crippen LogP contribution in [-0.2, 0) is 5.41 Å². The Morgan fingerprint density at radius 2 is 1.29 bits per heavy atom. The smallest absolute Gasteiger partial charge is 0.0908 e. The van der Waals surface area contributed by atoms with Crippen LogP contribution in [0.1, 0.15) is 108 Å². The third kappa shape index (κ3) is 7.69. The van der Waals surface area contributed by atoms with E-state index in [2.05, 4.69) is 75.2 Å². The van der Waals surface area contributed by atoms with E-state index in [0.29, 0.717) is 12.2 Å². The van der Waals surface area contributed by atoms with Crippen molar-refractivity contribution in [3.05, 3.63) is 68.3 Å². The molecule has 3 rings (SSSR count). The predicted molar refractivity (Wildman–Crippen MR) is 156 cm³/mol. The van der Waals surface area contributed by atoms with Crippen LogP contribution in [0, 0.1) is 0 Å². The van der Waals surface area contributed by atoms with Gasteiger partial charge in [-0.05, 0) is 78.8 Å². The maximum atomic E-state index is 9.81. The predicted octanol–water partition coefficient (Wildman–Crippen LogP) is 10.4. The molecule has 2 aromatic rings. The average Bonchev–Trinajstić information content (AvgIpc) is 3.06. The molecule has 4 heteroatoms. The minimum Gasteiger partial charge on any atom is -0.513 e. The number of hydrogen-bond acceptors (Lipinski definition) is 2. The standard InChI is InChI=1S/C31H42Br2O2/c1-3-4-5-11-18-31(19-12-9-7-6-8-10-13-26(35)20-23(2)34)29-21-24(32)14-16-27(29)28-17-15-25(33)22-30(28)31/h14-17,20-23,34-35H,3-13,18-19H2,1-2H3. The molecule has 0 saturated carbocycles. The number of fused-ring (bicyclic) bond motifs is 3. The molecular weight excluding hydrogens is 564 g/mol. The first-order chi connectivity index (χ1) is 16.9. The van der Waals surface area contributed by atoms with Crippen molar-refractivity contribution in [1.82, 2.24) is 0 Å². The molecule has 2 nitrogen and oxygen atoms in total. The fraction of sp³-hybridized carbons (Fsp3) is 0.548. The van der Waals surface area contributed by atoms with Crippen LogP contribution in [-0.4, -0.2) is 16.3 Å². The summed E-state index contributed by atoms with van der Waals surface area (Å²) in [5.41, 5.74) is 5.95. The first-order valence-corrected chi connectivity index (χ1v) is 15.1. The second-order valence-corrected chi connectivity index (χ2v) is 12.1. The van der Waals surface area contributed by atoms with Gasteiger partial charge in [-0.1, -0.05) is 109 Å². The summed E-state index contributed by atoms with van der Waals surface area (Å²) in [6.07, 6.45) is 16.3. The lowest BCUT2D eigenvalue weighted by molar-refractivity contribution is 0.235. The third-order valence-corrected chi connectivity index (χ3v) is 8.45. The molecule has 1 atom stereocenters. The highest BCUT2D eigenvalue weighted by atomic mass is 79.9. The highest BCUT2D eigenvalue weighted by Crippen LogP contribution is 2.55. The Labute approximate surface area is 229 Å². The molecule has 0 spiro atoms. The molecule has 0 bridgehead atoms. The average molecular weight is 606 g/mol. The van der Waals surface area contributed by atoms with Gasteiger partial charge in [-0.15, -0.1) is 0 Å². The Bertz CT molecular complexity index is 928. The first kappa shape index (κ1) is 28.5. The van der Waals surface area contributed by atoms with Crippen LogP contribution in [0.4, 0.5) is 0 Å². The van der Waals surface area contributed by atoms with Crippen LogP contribution in [0.15, 0.2) is 57.2 Å². The molecule has 0 radical (unpaired) electrons. The molecule has 35 heavy (non-hydrogen) atoms. The molecule has 2 aromatic carbocycles. The minimum atomic E-state index is -0.573. The van der Waals surface area contributed by atoms with E-state index in [1.165, 1.54) is 101 Å². The Hall–Kier alpha value is -1.10. The lowest BCUT2D eigenvalue weighted by Crippen LogP contribution is -2.25. The fourth-order valence-corrected chi connectivity index (χ4v) is 6.48. The number of allylic oxidation sites excluding steroid dienone is 1. The van der Waals surface area contributed by atoms with E-state index < -0.39 is 6.10 Å². The van der Waals surface area contributed by atoms with Gasteiger partial charge in [0.05, 0.1) is 11.9 Å². The molecule has 0 fully saturated rings. The van der Waals surface area contributed by atoms with Crippen molar-refractivity contribution < 1.29 is 10.2 Å². The van der Waals surface area contributed by atoms with Gasteiger partial charge in [-0.3, -0.25) is 0 Å². The quantitative estimate of drug-likeness (QED) is 0.156. The van der Waals surface area contributed by atoms with Crippen molar-refractivity contribution >= 4 is 31.9 Å². The summed E-state index contributed by atoms with van der Waals surface area (Å²) < 4.78 is 2.35. The minimum absolute atomic E-state index is 0.101. The zero-order valence-corrected chi connectivity index (χ0v) is 24.6. The van der Waals surface area contributed by atoms with Crippen molar-refractivity contribution in [2.75, 3.05) is 0 Å². The summed E-state index contributed by atoms with van der Waals surface area (Å²) in [4.78, 5) is 0. The lowest BCUT2D eigenvalue weighted by Gasteiger charge is -2.33. The van der Waals surface area contributed by atoms with E-state index >= 15 is 0 Å². The zero-order chi connectivity index (χ0) is 25.3. The van der Waals surface area contributed by atoms with E-state index in [4.69, 9.17) is 0 Å². The molecule has 0 saturated heterocycles. The number of halogens is 2. The fourth-order valence-electron chi connectivity index (χ4n) is 5.76. The largest absolute Gasteiger partial charge is 0.513 e. The van der Waals surface area contributed by atoms with Crippen LogP contribution in [0.25, 0.3) is 11.1 Å². The van der Waals surface area contributed by atoms with Gasteiger partial charge >= 0.3 is 0 Å². The lowest BCUT2D eigenvalue weighted by atomic mass is 9.70. The second-order valence-electron chi connectivity index (χ2n) is 10.3. The molecular formula is C31H42Br2O2. The Morgan fingerprint density at radius 3 is 1.80 bits per heavy atom. The van der Waals surface area contributed by atoms with E-state index in [1.54, 1.807) is 6.92 Å². The second kappa shape index (κ2) is 14.0. The van der Waals surface area contributed by atoms with E-state index in [-0.39, 0.29) is 5.41 Å². The number of unbranched alkanes of at least 4 members (excludes halogenated alkanes) is 8. The Kier molecular flexibility index (Phi) is 11.4. The Balaban J connectivity index is 1.66. The number of aliphatic hydroxyl groups is 2. The van der Waals surface area contributed by atoms with Crippen molar-refractivity contribution in [3.8, 4) is 11.1 Å². The van der Waals surface area contributed by atoms with Crippen LogP contribution in [0.5, 0.6) is 0 Å². The summed E-state index contributed by atoms with van der Waals surface area (Å²) in [6.45, 7) is 3.96. The molecule has 1 unspecified atom stereocenters. The van der Waals surface area contributed by atoms with Crippen LogP contribution < -0.4 is 0 Å². The van der Waals surface area contributed by atoms with Crippen molar-refractivity contribution in [2.24, 2.45) is 0 Å². The van der Waals surface area contributed by atoms with E-state index in [1.807, 2.05) is 0 Å². The molecule has 1 aliphatic rings. The van der Waals surface area contributed by atoms with Crippen LogP contribution >= 0.6 is 31.9 Å². The van der Waals surface area contributed by atoms with E-state index in [0.717, 1.165) is 12.8 Å². The molecule has 0 heterocycles. The van der Waals surface area contributed by atoms with Crippen LogP contribution in [0.2, 0.25) is 0 Å². The van der Waals surface area contributed by atoms with Gasteiger partial charge < -0.3 is 10.2 Å². The summed E-state index contributed by atoms with van der Waals surface area (Å²) >= 11 is 7.53. The van der Waals surface area contributed by atoms with Gasteiger partial charge in [-0.25, -0.2) is 0 Å². The molecule has 0 aliphatic heterocycles. The number of benzene rings is 2. The maximum Gasteiger partial charge on any atom is 0.0908 e. The highest BCUT2D eigenvalue weighted by molar-refractivity contribution is 9.10. The summed E-state index contributed by atoms with van der Waals surface area (Å²) in [5.74, 6) is 0.320. The molecule has 0 aromatic heterocycles. The number of aliphatic hydroxyl groups excluding tert-OH is 2. The highest BCUT2D eigenvalue weighted by Gasteiger charge is 2.42. The van der Waals surface area contributed by atoms with Crippen molar-refractivity contribution in [2.45, 2.75) is 109 Å². The monoisotopic (exact) mass is 604 g/mol. The molecule has 1 aliphatic carbocycles. The number of hydrogen-bond donors (Lipinski definition) is 2. The first-order valence-electron chi connectivity index (χ1n) is 13.6. The topological polar surface area (TPSA) is 40.5 Å². The van der Waals surface area contributed by atoms with Gasteiger partial charge in [0, 0.05) is 20.8 Å². The molecule has 0 amide bonds. The maximum absolute atomic E-state index is 9.81. The van der Waals surface area contributed by atoms with Gasteiger partial charge in [0.25, 0.3) is 0 Å². The normalized spacial score (nSPS) is 15.2. The van der Waals surface area contributed by atoms with Gasteiger partial charge in [0.2, 0.25) is 0 Å². The SMILES string of the molecule is CCCCCCC1(CCCCCCCCC(O)=CC(C)O)c2cc(Br)ccc2-c2ccc(Br)cc21. The number of rotatable bonds is 15.